The van der Waals surface area contributed by atoms with E-state index < -0.39 is 5.91 Å². The summed E-state index contributed by atoms with van der Waals surface area (Å²) in [6.45, 7) is 0. The number of benzene rings is 1. The van der Waals surface area contributed by atoms with E-state index >= 15 is 0 Å². The lowest BCUT2D eigenvalue weighted by molar-refractivity contribution is -0.114. The Kier molecular flexibility index (Phi) is 4.06. The minimum Gasteiger partial charge on any atom is -0.457 e. The van der Waals surface area contributed by atoms with Gasteiger partial charge in [0.15, 0.2) is 5.17 Å². The number of aliphatic imine (C=N–C) groups is 1. The number of hydrogen-bond donors (Lipinski definition) is 1. The largest absolute Gasteiger partial charge is 0.457 e. The van der Waals surface area contributed by atoms with Gasteiger partial charge in [0.2, 0.25) is 5.17 Å². The number of nitrogens with one attached hydrogen (secondary N) is 1. The molecule has 25 heavy (non-hydrogen) atoms. The predicted molar refractivity (Wildman–Crippen MR) is 103 cm³/mol. The van der Waals surface area contributed by atoms with Crippen LogP contribution in [-0.4, -0.2) is 33.2 Å². The van der Waals surface area contributed by atoms with Crippen molar-refractivity contribution in [1.82, 2.24) is 4.90 Å². The van der Waals surface area contributed by atoms with Gasteiger partial charge in [-0.3, -0.25) is 10.2 Å². The van der Waals surface area contributed by atoms with E-state index in [9.17, 15) is 4.79 Å². The van der Waals surface area contributed by atoms with Crippen LogP contribution >= 0.6 is 23.7 Å². The average Bonchev–Trinajstić information content (AvgIpc) is 3.26. The molecule has 0 atom stereocenters. The van der Waals surface area contributed by atoms with E-state index in [2.05, 4.69) is 9.39 Å². The summed E-state index contributed by atoms with van der Waals surface area (Å²) in [5.74, 6) is 0.805. The molecule has 8 heteroatoms. The summed E-state index contributed by atoms with van der Waals surface area (Å²) in [6, 6.07) is 13.3. The van der Waals surface area contributed by atoms with Crippen molar-refractivity contribution in [2.45, 2.75) is 0 Å². The fraction of sp³-hybridized carbons (Fsp3) is 0.0588. The fourth-order valence-electron chi connectivity index (χ4n) is 2.46. The van der Waals surface area contributed by atoms with Gasteiger partial charge in [-0.1, -0.05) is 42.1 Å². The van der Waals surface area contributed by atoms with E-state index in [0.29, 0.717) is 21.9 Å². The van der Waals surface area contributed by atoms with Crippen molar-refractivity contribution in [1.29, 1.82) is 5.41 Å². The Morgan fingerprint density at radius 2 is 2.04 bits per heavy atom. The van der Waals surface area contributed by atoms with Gasteiger partial charge < -0.3 is 4.42 Å². The van der Waals surface area contributed by atoms with Crippen molar-refractivity contribution in [3.8, 4) is 11.3 Å². The molecule has 0 spiro atoms. The third-order valence-corrected chi connectivity index (χ3v) is 5.10. The quantitative estimate of drug-likeness (QED) is 0.642. The predicted octanol–water partition coefficient (Wildman–Crippen LogP) is 3.89. The summed E-state index contributed by atoms with van der Waals surface area (Å²) in [6.07, 6.45) is 3.42. The first kappa shape index (κ1) is 15.9. The second-order valence-corrected chi connectivity index (χ2v) is 6.68. The first-order valence-corrected chi connectivity index (χ1v) is 9.35. The Morgan fingerprint density at radius 1 is 1.24 bits per heavy atom. The molecule has 0 unspecified atom stereocenters. The molecular formula is C17H12N4O2S2. The topological polar surface area (TPSA) is 82.0 Å². The van der Waals surface area contributed by atoms with Crippen molar-refractivity contribution in [3.63, 3.8) is 0 Å². The van der Waals surface area contributed by atoms with Gasteiger partial charge in [-0.25, -0.2) is 4.90 Å². The highest BCUT2D eigenvalue weighted by atomic mass is 32.2. The Hall–Kier alpha value is -2.58. The van der Waals surface area contributed by atoms with Crippen LogP contribution in [0.4, 0.5) is 0 Å². The molecule has 0 saturated heterocycles. The molecule has 2 aliphatic rings. The summed E-state index contributed by atoms with van der Waals surface area (Å²) in [4.78, 5) is 17.9. The summed E-state index contributed by atoms with van der Waals surface area (Å²) in [5, 5.41) is 9.42. The second-order valence-electron chi connectivity index (χ2n) is 5.18. The number of amidine groups is 3. The van der Waals surface area contributed by atoms with E-state index in [0.717, 1.165) is 17.5 Å². The normalized spacial score (nSPS) is 18.4. The highest BCUT2D eigenvalue weighted by molar-refractivity contribution is 8.18. The number of carbonyl (C=O) groups excluding carboxylic acids is 1. The van der Waals surface area contributed by atoms with Crippen LogP contribution in [0.1, 0.15) is 5.76 Å². The molecule has 2 aromatic rings. The van der Waals surface area contributed by atoms with Crippen molar-refractivity contribution >= 4 is 51.9 Å². The van der Waals surface area contributed by atoms with E-state index in [1.807, 2.05) is 42.7 Å². The zero-order chi connectivity index (χ0) is 17.4. The minimum atomic E-state index is -0.459. The fourth-order valence-corrected chi connectivity index (χ4v) is 3.92. The van der Waals surface area contributed by atoms with Crippen LogP contribution in [0.2, 0.25) is 0 Å². The van der Waals surface area contributed by atoms with Gasteiger partial charge in [-0.15, -0.1) is 0 Å². The van der Waals surface area contributed by atoms with Crippen molar-refractivity contribution in [3.05, 3.63) is 53.8 Å². The molecule has 2 aliphatic heterocycles. The number of fused-ring (bicyclic) bond motifs is 1. The number of amides is 1. The highest BCUT2D eigenvalue weighted by Crippen LogP contribution is 2.31. The maximum atomic E-state index is 12.3. The molecule has 0 aliphatic carbocycles. The Bertz CT molecular complexity index is 960. The number of hydrogen-bond acceptors (Lipinski definition) is 6. The van der Waals surface area contributed by atoms with E-state index in [1.54, 1.807) is 17.0 Å². The van der Waals surface area contributed by atoms with Crippen LogP contribution in [0, 0.1) is 5.41 Å². The first-order valence-electron chi connectivity index (χ1n) is 7.35. The Balaban J connectivity index is 1.68. The summed E-state index contributed by atoms with van der Waals surface area (Å²) >= 11 is 2.51. The van der Waals surface area contributed by atoms with Crippen LogP contribution in [-0.2, 0) is 4.79 Å². The van der Waals surface area contributed by atoms with E-state index in [4.69, 9.17) is 9.83 Å². The molecule has 4 rings (SSSR count). The first-order chi connectivity index (χ1) is 12.2. The zero-order valence-electron chi connectivity index (χ0n) is 13.1. The van der Waals surface area contributed by atoms with Crippen molar-refractivity contribution in [2.24, 2.45) is 9.39 Å². The number of rotatable bonds is 2. The van der Waals surface area contributed by atoms with Gasteiger partial charge in [0.05, 0.1) is 17.5 Å². The molecule has 1 aromatic carbocycles. The maximum absolute atomic E-state index is 12.3. The second kappa shape index (κ2) is 6.38. The molecule has 0 radical (unpaired) electrons. The highest BCUT2D eigenvalue weighted by Gasteiger charge is 2.37. The third-order valence-electron chi connectivity index (χ3n) is 3.65. The molecule has 124 valence electrons. The third kappa shape index (κ3) is 2.83. The monoisotopic (exact) mass is 368 g/mol. The zero-order valence-corrected chi connectivity index (χ0v) is 14.7. The van der Waals surface area contributed by atoms with Gasteiger partial charge in [0, 0.05) is 5.56 Å². The number of carbonyl (C=O) groups is 1. The van der Waals surface area contributed by atoms with E-state index in [-0.39, 0.29) is 11.4 Å². The van der Waals surface area contributed by atoms with Crippen LogP contribution in [0.5, 0.6) is 0 Å². The number of thioether (sulfide) groups is 1. The van der Waals surface area contributed by atoms with Gasteiger partial charge >= 0.3 is 0 Å². The lowest BCUT2D eigenvalue weighted by Crippen LogP contribution is -2.41. The van der Waals surface area contributed by atoms with Crippen LogP contribution in [0.3, 0.4) is 0 Å². The lowest BCUT2D eigenvalue weighted by atomic mass is 10.1. The minimum absolute atomic E-state index is 0.0609. The average molecular weight is 368 g/mol. The summed E-state index contributed by atoms with van der Waals surface area (Å²) in [5.41, 5.74) is 1.13. The molecule has 0 saturated carbocycles. The molecule has 1 amide bonds. The molecule has 6 nitrogen and oxygen atoms in total. The molecule has 1 aromatic heterocycles. The van der Waals surface area contributed by atoms with Crippen molar-refractivity contribution < 1.29 is 9.21 Å². The van der Waals surface area contributed by atoms with Crippen LogP contribution in [0.25, 0.3) is 17.4 Å². The van der Waals surface area contributed by atoms with Crippen molar-refractivity contribution in [2.75, 3.05) is 6.26 Å². The summed E-state index contributed by atoms with van der Waals surface area (Å²) < 4.78 is 10.0. The van der Waals surface area contributed by atoms with Gasteiger partial charge in [0.25, 0.3) is 5.91 Å². The van der Waals surface area contributed by atoms with E-state index in [1.165, 1.54) is 11.8 Å². The molecule has 0 fully saturated rings. The van der Waals surface area contributed by atoms with Crippen LogP contribution < -0.4 is 0 Å². The number of nitrogens with zero attached hydrogens (tertiary/aromatic N) is 3. The molecule has 0 bridgehead atoms. The summed E-state index contributed by atoms with van der Waals surface area (Å²) in [7, 11) is 0. The maximum Gasteiger partial charge on any atom is 0.283 e. The van der Waals surface area contributed by atoms with Gasteiger partial charge in [-0.2, -0.15) is 9.39 Å². The molecular weight excluding hydrogens is 356 g/mol. The Morgan fingerprint density at radius 3 is 2.80 bits per heavy atom. The SMILES string of the molecule is CSC1=NSC2=NC(=O)/C(=C\c3ccc(-c4ccccc4)o3)C(=N)N12. The standard InChI is InChI=1S/C17H12N4O2S2/c1-24-17-20-25-16-19-15(22)12(14(18)21(16)17)9-11-7-8-13(23-11)10-5-3-2-4-6-10/h2-9,18H,1H3/b12-9-,18-14?. The lowest BCUT2D eigenvalue weighted by Gasteiger charge is -2.23. The Labute approximate surface area is 152 Å². The van der Waals surface area contributed by atoms with Gasteiger partial charge in [0.1, 0.15) is 17.4 Å². The number of furan rings is 1. The molecule has 1 N–H and O–H groups in total. The smallest absolute Gasteiger partial charge is 0.283 e. The van der Waals surface area contributed by atoms with Gasteiger partial charge in [-0.05, 0) is 24.5 Å². The van der Waals surface area contributed by atoms with Crippen LogP contribution in [0.15, 0.2) is 61.8 Å². The molecule has 3 heterocycles.